The second kappa shape index (κ2) is 9.27. The first-order valence-corrected chi connectivity index (χ1v) is 9.20. The van der Waals surface area contributed by atoms with Gasteiger partial charge in [0.05, 0.1) is 24.3 Å². The third kappa shape index (κ3) is 5.00. The molecule has 1 atom stereocenters. The average Bonchev–Trinajstić information content (AvgIpc) is 2.59. The van der Waals surface area contributed by atoms with Crippen LogP contribution in [0.25, 0.3) is 0 Å². The Labute approximate surface area is 154 Å². The number of esters is 1. The number of hydrogen-bond donors (Lipinski definition) is 2. The number of benzene rings is 1. The van der Waals surface area contributed by atoms with Crippen LogP contribution in [-0.4, -0.2) is 24.7 Å². The van der Waals surface area contributed by atoms with Crippen LogP contribution in [0, 0.1) is 0 Å². The van der Waals surface area contributed by atoms with Crippen LogP contribution in [0.5, 0.6) is 5.75 Å². The highest BCUT2D eigenvalue weighted by Gasteiger charge is 2.33. The smallest absolute Gasteiger partial charge is 0.338 e. The molecule has 0 saturated carbocycles. The number of amides is 2. The van der Waals surface area contributed by atoms with Crippen molar-refractivity contribution in [1.29, 1.82) is 0 Å². The predicted octanol–water partition coefficient (Wildman–Crippen LogP) is 3.84. The minimum absolute atomic E-state index is 0.240. The number of rotatable bonds is 8. The summed E-state index contributed by atoms with van der Waals surface area (Å²) in [7, 11) is 0. The maximum atomic E-state index is 12.7. The largest absolute Gasteiger partial charge is 0.494 e. The Kier molecular flexibility index (Phi) is 7.06. The van der Waals surface area contributed by atoms with Gasteiger partial charge in [-0.05, 0) is 44.4 Å². The van der Waals surface area contributed by atoms with E-state index in [1.54, 1.807) is 13.8 Å². The molecule has 0 bridgehead atoms. The van der Waals surface area contributed by atoms with E-state index in [1.807, 2.05) is 38.1 Å². The molecule has 6 heteroatoms. The molecule has 1 aliphatic heterocycles. The fourth-order valence-electron chi connectivity index (χ4n) is 2.84. The fraction of sp³-hybridized carbons (Fsp3) is 0.500. The maximum absolute atomic E-state index is 12.7. The lowest BCUT2D eigenvalue weighted by Gasteiger charge is -2.30. The first-order chi connectivity index (χ1) is 12.5. The highest BCUT2D eigenvalue weighted by Crippen LogP contribution is 2.31. The lowest BCUT2D eigenvalue weighted by molar-refractivity contribution is -0.143. The Morgan fingerprint density at radius 2 is 2.00 bits per heavy atom. The number of carbonyl (C=O) groups excluding carboxylic acids is 2. The van der Waals surface area contributed by atoms with Crippen LogP contribution in [0.4, 0.5) is 4.79 Å². The number of carbonyl (C=O) groups is 2. The third-order valence-corrected chi connectivity index (χ3v) is 3.88. The number of ether oxygens (including phenoxy) is 2. The molecule has 1 unspecified atom stereocenters. The number of hydrogen-bond acceptors (Lipinski definition) is 4. The van der Waals surface area contributed by atoms with E-state index in [0.717, 1.165) is 18.4 Å². The zero-order valence-corrected chi connectivity index (χ0v) is 15.9. The van der Waals surface area contributed by atoms with Crippen molar-refractivity contribution >= 4 is 12.0 Å². The summed E-state index contributed by atoms with van der Waals surface area (Å²) in [6.07, 6.45) is 2.06. The minimum Gasteiger partial charge on any atom is -0.494 e. The van der Waals surface area contributed by atoms with E-state index in [4.69, 9.17) is 9.47 Å². The van der Waals surface area contributed by atoms with E-state index >= 15 is 0 Å². The SMILES string of the molecule is CCCOc1cccc(C2NC(=O)NC(CCC)=C2C(=O)OC(C)C)c1. The molecule has 0 fully saturated rings. The van der Waals surface area contributed by atoms with Crippen LogP contribution < -0.4 is 15.4 Å². The first-order valence-electron chi connectivity index (χ1n) is 9.20. The number of allylic oxidation sites excluding steroid dienone is 1. The summed E-state index contributed by atoms with van der Waals surface area (Å²) in [5.41, 5.74) is 1.86. The monoisotopic (exact) mass is 360 g/mol. The van der Waals surface area contributed by atoms with Crippen LogP contribution in [-0.2, 0) is 9.53 Å². The van der Waals surface area contributed by atoms with E-state index in [2.05, 4.69) is 10.6 Å². The summed E-state index contributed by atoms with van der Waals surface area (Å²) in [6, 6.07) is 6.57. The van der Waals surface area contributed by atoms with Crippen molar-refractivity contribution in [3.8, 4) is 5.75 Å². The quantitative estimate of drug-likeness (QED) is 0.691. The maximum Gasteiger partial charge on any atom is 0.338 e. The van der Waals surface area contributed by atoms with Crippen LogP contribution in [0.1, 0.15) is 58.6 Å². The molecule has 0 aromatic heterocycles. The molecule has 0 aliphatic carbocycles. The van der Waals surface area contributed by atoms with Gasteiger partial charge in [0.1, 0.15) is 5.75 Å². The summed E-state index contributed by atoms with van der Waals surface area (Å²) >= 11 is 0. The van der Waals surface area contributed by atoms with E-state index in [-0.39, 0.29) is 12.1 Å². The molecule has 26 heavy (non-hydrogen) atoms. The van der Waals surface area contributed by atoms with Crippen molar-refractivity contribution in [3.63, 3.8) is 0 Å². The topological polar surface area (TPSA) is 76.7 Å². The standard InChI is InChI=1S/C20H28N2O4/c1-5-8-16-17(19(23)26-13(3)4)18(22-20(24)21-16)14-9-7-10-15(12-14)25-11-6-2/h7,9-10,12-13,18H,5-6,8,11H2,1-4H3,(H2,21,22,24). The molecule has 2 rings (SSSR count). The number of urea groups is 1. The van der Waals surface area contributed by atoms with Crippen molar-refractivity contribution in [2.45, 2.75) is 59.1 Å². The lowest BCUT2D eigenvalue weighted by atomic mass is 9.93. The van der Waals surface area contributed by atoms with Crippen molar-refractivity contribution in [2.75, 3.05) is 6.61 Å². The first kappa shape index (κ1) is 19.8. The molecule has 0 saturated heterocycles. The molecule has 0 radical (unpaired) electrons. The lowest BCUT2D eigenvalue weighted by Crippen LogP contribution is -2.46. The Morgan fingerprint density at radius 3 is 2.65 bits per heavy atom. The Balaban J connectivity index is 2.43. The van der Waals surface area contributed by atoms with Gasteiger partial charge in [0, 0.05) is 5.70 Å². The number of nitrogens with one attached hydrogen (secondary N) is 2. The predicted molar refractivity (Wildman–Crippen MR) is 99.8 cm³/mol. The van der Waals surface area contributed by atoms with E-state index in [1.165, 1.54) is 0 Å². The second-order valence-electron chi connectivity index (χ2n) is 6.55. The highest BCUT2D eigenvalue weighted by molar-refractivity contribution is 5.95. The third-order valence-electron chi connectivity index (χ3n) is 3.88. The minimum atomic E-state index is -0.568. The molecule has 1 aromatic carbocycles. The molecule has 2 N–H and O–H groups in total. The Bertz CT molecular complexity index is 682. The Morgan fingerprint density at radius 1 is 1.23 bits per heavy atom. The van der Waals surface area contributed by atoms with Gasteiger partial charge < -0.3 is 20.1 Å². The molecule has 142 valence electrons. The van der Waals surface area contributed by atoms with Crippen LogP contribution in [0.2, 0.25) is 0 Å². The van der Waals surface area contributed by atoms with Crippen molar-refractivity contribution < 1.29 is 19.1 Å². The van der Waals surface area contributed by atoms with Crippen LogP contribution >= 0.6 is 0 Å². The zero-order valence-electron chi connectivity index (χ0n) is 15.9. The van der Waals surface area contributed by atoms with E-state index in [9.17, 15) is 9.59 Å². The summed E-state index contributed by atoms with van der Waals surface area (Å²) in [4.78, 5) is 24.9. The second-order valence-corrected chi connectivity index (χ2v) is 6.55. The van der Waals surface area contributed by atoms with Gasteiger partial charge >= 0.3 is 12.0 Å². The normalized spacial score (nSPS) is 17.0. The zero-order chi connectivity index (χ0) is 19.1. The molecular weight excluding hydrogens is 332 g/mol. The molecule has 0 spiro atoms. The molecule has 6 nitrogen and oxygen atoms in total. The van der Waals surface area contributed by atoms with Gasteiger partial charge in [0.25, 0.3) is 0 Å². The van der Waals surface area contributed by atoms with E-state index in [0.29, 0.717) is 30.0 Å². The molecule has 1 aromatic rings. The van der Waals surface area contributed by atoms with Crippen molar-refractivity contribution in [3.05, 3.63) is 41.1 Å². The fourth-order valence-corrected chi connectivity index (χ4v) is 2.84. The van der Waals surface area contributed by atoms with E-state index < -0.39 is 12.0 Å². The van der Waals surface area contributed by atoms with Gasteiger partial charge in [-0.25, -0.2) is 9.59 Å². The van der Waals surface area contributed by atoms with Gasteiger partial charge in [-0.1, -0.05) is 32.4 Å². The molecule has 2 amide bonds. The summed E-state index contributed by atoms with van der Waals surface area (Å²) in [5.74, 6) is 0.298. The molecule has 1 heterocycles. The Hall–Kier alpha value is -2.50. The molecule has 1 aliphatic rings. The summed E-state index contributed by atoms with van der Waals surface area (Å²) in [5, 5.41) is 5.61. The van der Waals surface area contributed by atoms with Gasteiger partial charge in [-0.3, -0.25) is 0 Å². The van der Waals surface area contributed by atoms with Crippen molar-refractivity contribution in [1.82, 2.24) is 10.6 Å². The average molecular weight is 360 g/mol. The highest BCUT2D eigenvalue weighted by atomic mass is 16.5. The van der Waals surface area contributed by atoms with Gasteiger partial charge in [0.15, 0.2) is 0 Å². The van der Waals surface area contributed by atoms with Gasteiger partial charge in [-0.15, -0.1) is 0 Å². The summed E-state index contributed by atoms with van der Waals surface area (Å²) < 4.78 is 11.1. The van der Waals surface area contributed by atoms with Gasteiger partial charge in [-0.2, -0.15) is 0 Å². The summed E-state index contributed by atoms with van der Waals surface area (Å²) in [6.45, 7) is 8.26. The van der Waals surface area contributed by atoms with Gasteiger partial charge in [0.2, 0.25) is 0 Å². The molecular formula is C20H28N2O4. The van der Waals surface area contributed by atoms with Crippen LogP contribution in [0.3, 0.4) is 0 Å². The van der Waals surface area contributed by atoms with Crippen molar-refractivity contribution in [2.24, 2.45) is 0 Å². The van der Waals surface area contributed by atoms with Crippen LogP contribution in [0.15, 0.2) is 35.5 Å².